The van der Waals surface area contributed by atoms with Crippen LogP contribution in [0.4, 0.5) is 0 Å². The van der Waals surface area contributed by atoms with E-state index in [0.717, 1.165) is 22.3 Å². The zero-order chi connectivity index (χ0) is 41.2. The lowest BCUT2D eigenvalue weighted by atomic mass is 9.65. The lowest BCUT2D eigenvalue weighted by molar-refractivity contribution is 0.748. The minimum absolute atomic E-state index is 0.504. The van der Waals surface area contributed by atoms with Gasteiger partial charge in [-0.25, -0.2) is 15.0 Å². The van der Waals surface area contributed by atoms with Crippen LogP contribution in [0.5, 0.6) is 0 Å². The third-order valence-corrected chi connectivity index (χ3v) is 14.6. The molecule has 3 aromatic heterocycles. The average molecular weight is 819 g/mol. The quantitative estimate of drug-likeness (QED) is 0.178. The molecule has 4 nitrogen and oxygen atoms in total. The van der Waals surface area contributed by atoms with Gasteiger partial charge in [0.2, 0.25) is 0 Å². The van der Waals surface area contributed by atoms with Crippen molar-refractivity contribution < 1.29 is 0 Å². The molecular formula is C58H34N4S. The lowest BCUT2D eigenvalue weighted by Crippen LogP contribution is -2.33. The molecule has 1 atom stereocenters. The third-order valence-electron chi connectivity index (χ3n) is 13.5. The minimum atomic E-state index is -0.504. The number of aromatic nitrogens is 4. The first-order chi connectivity index (χ1) is 31.2. The predicted octanol–water partition coefficient (Wildman–Crippen LogP) is 14.7. The van der Waals surface area contributed by atoms with Crippen LogP contribution in [0.15, 0.2) is 206 Å². The summed E-state index contributed by atoms with van der Waals surface area (Å²) in [6.07, 6.45) is 0. The molecule has 0 saturated carbocycles. The summed E-state index contributed by atoms with van der Waals surface area (Å²) >= 11 is 1.80. The van der Waals surface area contributed by atoms with E-state index >= 15 is 0 Å². The maximum absolute atomic E-state index is 5.16. The zero-order valence-electron chi connectivity index (χ0n) is 33.8. The topological polar surface area (TPSA) is 43.6 Å². The van der Waals surface area contributed by atoms with Crippen molar-refractivity contribution >= 4 is 53.3 Å². The molecule has 0 saturated heterocycles. The molecule has 9 aromatic carbocycles. The molecule has 2 aliphatic rings. The van der Waals surface area contributed by atoms with E-state index in [2.05, 4.69) is 193 Å². The first-order valence-electron chi connectivity index (χ1n) is 21.4. The Morgan fingerprint density at radius 1 is 0.365 bits per heavy atom. The van der Waals surface area contributed by atoms with E-state index < -0.39 is 5.41 Å². The Balaban J connectivity index is 0.938. The van der Waals surface area contributed by atoms with Crippen molar-refractivity contribution in [2.75, 3.05) is 0 Å². The highest BCUT2D eigenvalue weighted by Gasteiger charge is 2.51. The van der Waals surface area contributed by atoms with Crippen LogP contribution in [0.2, 0.25) is 0 Å². The second-order valence-corrected chi connectivity index (χ2v) is 17.7. The number of rotatable bonds is 4. The van der Waals surface area contributed by atoms with Crippen LogP contribution in [0, 0.1) is 0 Å². The minimum Gasteiger partial charge on any atom is -0.309 e. The van der Waals surface area contributed by atoms with E-state index in [1.807, 2.05) is 18.2 Å². The van der Waals surface area contributed by atoms with Gasteiger partial charge in [0.1, 0.15) is 0 Å². The second kappa shape index (κ2) is 13.0. The highest BCUT2D eigenvalue weighted by Crippen LogP contribution is 2.62. The average Bonchev–Trinajstić information content (AvgIpc) is 4.00. The summed E-state index contributed by atoms with van der Waals surface area (Å²) in [4.78, 5) is 15.3. The summed E-state index contributed by atoms with van der Waals surface area (Å²) in [6, 6.07) is 75.0. The van der Waals surface area contributed by atoms with Crippen LogP contribution in [0.25, 0.3) is 104 Å². The summed E-state index contributed by atoms with van der Waals surface area (Å²) in [6.45, 7) is 0. The molecule has 0 bridgehead atoms. The summed E-state index contributed by atoms with van der Waals surface area (Å²) in [7, 11) is 0. The molecule has 0 fully saturated rings. The van der Waals surface area contributed by atoms with E-state index in [1.165, 1.54) is 86.6 Å². The van der Waals surface area contributed by atoms with Crippen molar-refractivity contribution in [3.8, 4) is 62.1 Å². The van der Waals surface area contributed by atoms with Gasteiger partial charge in [0.05, 0.1) is 22.1 Å². The molecule has 0 amide bonds. The molecule has 63 heavy (non-hydrogen) atoms. The summed E-state index contributed by atoms with van der Waals surface area (Å²) in [5.74, 6) is 1.96. The van der Waals surface area contributed by atoms with Crippen LogP contribution in [0.3, 0.4) is 0 Å². The van der Waals surface area contributed by atoms with Crippen molar-refractivity contribution in [1.82, 2.24) is 19.5 Å². The van der Waals surface area contributed by atoms with E-state index in [1.54, 1.807) is 11.3 Å². The number of thiophene rings is 1. The van der Waals surface area contributed by atoms with Gasteiger partial charge in [-0.1, -0.05) is 182 Å². The van der Waals surface area contributed by atoms with Gasteiger partial charge < -0.3 is 4.57 Å². The van der Waals surface area contributed by atoms with Crippen LogP contribution < -0.4 is 0 Å². The van der Waals surface area contributed by atoms with Crippen LogP contribution in [-0.4, -0.2) is 19.5 Å². The summed E-state index contributed by atoms with van der Waals surface area (Å²) < 4.78 is 5.00. The maximum atomic E-state index is 5.16. The molecule has 292 valence electrons. The van der Waals surface area contributed by atoms with Crippen molar-refractivity contribution in [3.63, 3.8) is 0 Å². The van der Waals surface area contributed by atoms with E-state index in [0.29, 0.717) is 17.5 Å². The molecular weight excluding hydrogens is 785 g/mol. The highest BCUT2D eigenvalue weighted by atomic mass is 32.1. The Labute approximate surface area is 367 Å². The van der Waals surface area contributed by atoms with E-state index in [4.69, 9.17) is 15.0 Å². The fourth-order valence-corrected chi connectivity index (χ4v) is 12.0. The molecule has 0 N–H and O–H groups in total. The van der Waals surface area contributed by atoms with Gasteiger partial charge in [0, 0.05) is 47.6 Å². The SMILES string of the molecule is c1ccc(-c2nc(-c3ccc(-c4cccc5c4-c4ccccc4C54c5ccccc5-n5c6ccccc6c6cccc4c65)cc3)nc(-c3ccc4c(c3)sc3ccccc34)n2)cc1. The number of hydrogen-bond acceptors (Lipinski definition) is 4. The van der Waals surface area contributed by atoms with Gasteiger partial charge in [-0.2, -0.15) is 0 Å². The number of benzene rings is 9. The van der Waals surface area contributed by atoms with Crippen molar-refractivity contribution in [3.05, 3.63) is 229 Å². The zero-order valence-corrected chi connectivity index (χ0v) is 34.6. The first-order valence-corrected chi connectivity index (χ1v) is 22.3. The molecule has 12 aromatic rings. The van der Waals surface area contributed by atoms with Gasteiger partial charge in [0.25, 0.3) is 0 Å². The Morgan fingerprint density at radius 2 is 0.937 bits per heavy atom. The molecule has 4 heterocycles. The smallest absolute Gasteiger partial charge is 0.164 e. The molecule has 1 unspecified atom stereocenters. The van der Waals surface area contributed by atoms with E-state index in [9.17, 15) is 0 Å². The van der Waals surface area contributed by atoms with Crippen molar-refractivity contribution in [2.24, 2.45) is 0 Å². The normalized spacial score (nSPS) is 14.7. The molecule has 1 spiro atoms. The summed E-state index contributed by atoms with van der Waals surface area (Å²) in [5.41, 5.74) is 16.3. The van der Waals surface area contributed by atoms with Crippen LogP contribution in [-0.2, 0) is 5.41 Å². The first kappa shape index (κ1) is 34.7. The number of para-hydroxylation sites is 3. The largest absolute Gasteiger partial charge is 0.309 e. The standard InChI is InChI=1S/C58H34N4S/c1-2-14-36(15-3-1)55-59-56(61-57(60-55)38-32-33-42-41-17-6-11-27-51(41)63-52(42)34-38)37-30-28-35(29-31-37)39-19-12-23-47-53(39)44-18-4-7-21-45(44)58(47)46-22-8-10-26-50(46)62-49-25-9-5-16-40(49)43-20-13-24-48(58)54(43)62/h1-34H. The fraction of sp³-hybridized carbons (Fsp3) is 0.0172. The van der Waals surface area contributed by atoms with Crippen LogP contribution in [0.1, 0.15) is 22.3 Å². The Kier molecular flexibility index (Phi) is 7.16. The Hall–Kier alpha value is -7.99. The molecule has 5 heteroatoms. The highest BCUT2D eigenvalue weighted by molar-refractivity contribution is 7.25. The second-order valence-electron chi connectivity index (χ2n) is 16.7. The Bertz CT molecular complexity index is 3860. The monoisotopic (exact) mass is 818 g/mol. The summed E-state index contributed by atoms with van der Waals surface area (Å²) in [5, 5.41) is 5.09. The number of fused-ring (bicyclic) bond motifs is 15. The van der Waals surface area contributed by atoms with Crippen molar-refractivity contribution in [1.29, 1.82) is 0 Å². The molecule has 1 aliphatic carbocycles. The number of hydrogen-bond donors (Lipinski definition) is 0. The maximum Gasteiger partial charge on any atom is 0.164 e. The van der Waals surface area contributed by atoms with Gasteiger partial charge in [-0.15, -0.1) is 11.3 Å². The van der Waals surface area contributed by atoms with Gasteiger partial charge in [0.15, 0.2) is 17.5 Å². The Morgan fingerprint density at radius 3 is 1.79 bits per heavy atom. The molecule has 1 aliphatic heterocycles. The van der Waals surface area contributed by atoms with Crippen LogP contribution >= 0.6 is 11.3 Å². The predicted molar refractivity (Wildman–Crippen MR) is 260 cm³/mol. The number of nitrogens with zero attached hydrogens (tertiary/aromatic N) is 4. The van der Waals surface area contributed by atoms with Gasteiger partial charge in [-0.3, -0.25) is 0 Å². The fourth-order valence-electron chi connectivity index (χ4n) is 10.9. The molecule has 14 rings (SSSR count). The van der Waals surface area contributed by atoms with Gasteiger partial charge >= 0.3 is 0 Å². The van der Waals surface area contributed by atoms with E-state index in [-0.39, 0.29) is 0 Å². The van der Waals surface area contributed by atoms with Crippen molar-refractivity contribution in [2.45, 2.75) is 5.41 Å². The third kappa shape index (κ3) is 4.77. The lowest BCUT2D eigenvalue weighted by Gasteiger charge is -2.39. The van der Waals surface area contributed by atoms with Gasteiger partial charge in [-0.05, 0) is 68.8 Å². The molecule has 0 radical (unpaired) electrons.